The van der Waals surface area contributed by atoms with Crippen LogP contribution in [0.1, 0.15) is 37.8 Å². The van der Waals surface area contributed by atoms with Gasteiger partial charge in [-0.25, -0.2) is 8.42 Å². The van der Waals surface area contributed by atoms with E-state index in [0.29, 0.717) is 23.9 Å². The lowest BCUT2D eigenvalue weighted by molar-refractivity contribution is -0.118. The van der Waals surface area contributed by atoms with Gasteiger partial charge in [0.1, 0.15) is 11.0 Å². The molecule has 0 aliphatic heterocycles. The van der Waals surface area contributed by atoms with Crippen LogP contribution in [0.25, 0.3) is 0 Å². The molecule has 1 amide bonds. The first-order chi connectivity index (χ1) is 12.6. The van der Waals surface area contributed by atoms with Crippen molar-refractivity contribution in [3.63, 3.8) is 0 Å². The first kappa shape index (κ1) is 21.0. The van der Waals surface area contributed by atoms with Gasteiger partial charge in [-0.3, -0.25) is 4.79 Å². The zero-order valence-corrected chi connectivity index (χ0v) is 17.3. The molecule has 2 rings (SSSR count). The number of rotatable bonds is 7. The molecular weight excluding hydrogens is 362 g/mol. The van der Waals surface area contributed by atoms with E-state index in [-0.39, 0.29) is 0 Å². The Bertz CT molecular complexity index is 871. The van der Waals surface area contributed by atoms with Crippen molar-refractivity contribution in [2.45, 2.75) is 38.5 Å². The van der Waals surface area contributed by atoms with Gasteiger partial charge in [0.15, 0.2) is 9.84 Å². The van der Waals surface area contributed by atoms with E-state index in [4.69, 9.17) is 4.74 Å². The number of methoxy groups -OCH3 is 1. The number of anilines is 1. The number of ether oxygens (including phenoxy) is 1. The first-order valence-electron chi connectivity index (χ1n) is 8.86. The van der Waals surface area contributed by atoms with Crippen LogP contribution in [0.5, 0.6) is 5.75 Å². The molecule has 1 atom stereocenters. The summed E-state index contributed by atoms with van der Waals surface area (Å²) in [7, 11) is -1.92. The minimum absolute atomic E-state index is 0.295. The zero-order chi connectivity index (χ0) is 20.2. The SMILES string of the molecule is COc1ccc(N(Cc2ccc(C(C)C)cc2)C(=O)C(C)S(C)(=O)=O)cc1. The van der Waals surface area contributed by atoms with Gasteiger partial charge < -0.3 is 9.64 Å². The second-order valence-electron chi connectivity index (χ2n) is 6.99. The Morgan fingerprint density at radius 1 is 1.00 bits per heavy atom. The largest absolute Gasteiger partial charge is 0.497 e. The van der Waals surface area contributed by atoms with Crippen molar-refractivity contribution in [3.8, 4) is 5.75 Å². The van der Waals surface area contributed by atoms with Gasteiger partial charge in [0.25, 0.3) is 0 Å². The fourth-order valence-corrected chi connectivity index (χ4v) is 3.15. The highest BCUT2D eigenvalue weighted by atomic mass is 32.2. The third-order valence-corrected chi connectivity index (χ3v) is 6.11. The predicted molar refractivity (Wildman–Crippen MR) is 109 cm³/mol. The molecular formula is C21H27NO4S. The maximum Gasteiger partial charge on any atom is 0.245 e. The molecule has 0 heterocycles. The summed E-state index contributed by atoms with van der Waals surface area (Å²) in [6.07, 6.45) is 1.08. The molecule has 27 heavy (non-hydrogen) atoms. The Labute approximate surface area is 161 Å². The second-order valence-corrected chi connectivity index (χ2v) is 9.36. The van der Waals surface area contributed by atoms with Crippen LogP contribution < -0.4 is 9.64 Å². The van der Waals surface area contributed by atoms with Crippen LogP contribution in [0, 0.1) is 0 Å². The average Bonchev–Trinajstić information content (AvgIpc) is 2.64. The van der Waals surface area contributed by atoms with Gasteiger partial charge in [0.05, 0.1) is 13.7 Å². The van der Waals surface area contributed by atoms with Crippen LogP contribution in [0.2, 0.25) is 0 Å². The van der Waals surface area contributed by atoms with Crippen molar-refractivity contribution < 1.29 is 17.9 Å². The van der Waals surface area contributed by atoms with Gasteiger partial charge >= 0.3 is 0 Å². The molecule has 0 bridgehead atoms. The Balaban J connectivity index is 2.37. The summed E-state index contributed by atoms with van der Waals surface area (Å²) in [5.74, 6) is 0.642. The second kappa shape index (κ2) is 8.57. The van der Waals surface area contributed by atoms with Crippen molar-refractivity contribution in [2.75, 3.05) is 18.3 Å². The van der Waals surface area contributed by atoms with Gasteiger partial charge in [-0.2, -0.15) is 0 Å². The molecule has 6 heteroatoms. The standard InChI is InChI=1S/C21H27NO4S/c1-15(2)18-8-6-17(7-9-18)14-22(21(23)16(3)27(5,24)25)19-10-12-20(26-4)13-11-19/h6-13,15-16H,14H2,1-5H3. The van der Waals surface area contributed by atoms with E-state index in [0.717, 1.165) is 11.8 Å². The number of carbonyl (C=O) groups is 1. The van der Waals surface area contributed by atoms with Gasteiger partial charge in [0.2, 0.25) is 5.91 Å². The Kier molecular flexibility index (Phi) is 6.65. The van der Waals surface area contributed by atoms with Crippen molar-refractivity contribution >= 4 is 21.4 Å². The molecule has 0 radical (unpaired) electrons. The highest BCUT2D eigenvalue weighted by molar-refractivity contribution is 7.92. The number of carbonyl (C=O) groups excluding carboxylic acids is 1. The van der Waals surface area contributed by atoms with Gasteiger partial charge in [-0.15, -0.1) is 0 Å². The van der Waals surface area contributed by atoms with E-state index in [1.54, 1.807) is 31.4 Å². The smallest absolute Gasteiger partial charge is 0.245 e. The predicted octanol–water partition coefficient (Wildman–Crippen LogP) is 3.78. The van der Waals surface area contributed by atoms with Crippen molar-refractivity contribution in [3.05, 3.63) is 59.7 Å². The molecule has 0 saturated carbocycles. The zero-order valence-electron chi connectivity index (χ0n) is 16.5. The van der Waals surface area contributed by atoms with Crippen LogP contribution in [0.4, 0.5) is 5.69 Å². The summed E-state index contributed by atoms with van der Waals surface area (Å²) in [5, 5.41) is -1.12. The lowest BCUT2D eigenvalue weighted by Gasteiger charge is -2.26. The summed E-state index contributed by atoms with van der Waals surface area (Å²) in [6.45, 7) is 5.96. The molecule has 5 nitrogen and oxygen atoms in total. The number of amides is 1. The maximum atomic E-state index is 12.9. The normalized spacial score (nSPS) is 12.7. The number of hydrogen-bond donors (Lipinski definition) is 0. The van der Waals surface area contributed by atoms with Gasteiger partial charge in [-0.05, 0) is 48.2 Å². The summed E-state index contributed by atoms with van der Waals surface area (Å²) in [4.78, 5) is 14.4. The fourth-order valence-electron chi connectivity index (χ4n) is 2.65. The fraction of sp³-hybridized carbons (Fsp3) is 0.381. The summed E-state index contributed by atoms with van der Waals surface area (Å²) < 4.78 is 29.0. The Morgan fingerprint density at radius 3 is 2.00 bits per heavy atom. The van der Waals surface area contributed by atoms with Gasteiger partial charge in [-0.1, -0.05) is 38.1 Å². The molecule has 0 fully saturated rings. The molecule has 0 aromatic heterocycles. The highest BCUT2D eigenvalue weighted by Gasteiger charge is 2.29. The van der Waals surface area contributed by atoms with E-state index in [1.807, 2.05) is 24.3 Å². The van der Waals surface area contributed by atoms with Crippen LogP contribution in [-0.2, 0) is 21.2 Å². The van der Waals surface area contributed by atoms with E-state index in [2.05, 4.69) is 13.8 Å². The molecule has 1 unspecified atom stereocenters. The summed E-state index contributed by atoms with van der Waals surface area (Å²) in [5.41, 5.74) is 2.78. The van der Waals surface area contributed by atoms with Crippen LogP contribution in [0.3, 0.4) is 0 Å². The molecule has 0 saturated heterocycles. The van der Waals surface area contributed by atoms with Crippen LogP contribution >= 0.6 is 0 Å². The third-order valence-electron chi connectivity index (χ3n) is 4.63. The van der Waals surface area contributed by atoms with Gasteiger partial charge in [0, 0.05) is 11.9 Å². The quantitative estimate of drug-likeness (QED) is 0.723. The molecule has 2 aromatic carbocycles. The molecule has 146 valence electrons. The minimum Gasteiger partial charge on any atom is -0.497 e. The molecule has 0 aliphatic rings. The lowest BCUT2D eigenvalue weighted by Crippen LogP contribution is -2.41. The van der Waals surface area contributed by atoms with Crippen molar-refractivity contribution in [1.29, 1.82) is 0 Å². The van der Waals surface area contributed by atoms with E-state index in [1.165, 1.54) is 17.4 Å². The lowest BCUT2D eigenvalue weighted by atomic mass is 10.0. The minimum atomic E-state index is -3.49. The Hall–Kier alpha value is -2.34. The molecule has 2 aromatic rings. The van der Waals surface area contributed by atoms with E-state index < -0.39 is 21.0 Å². The van der Waals surface area contributed by atoms with Crippen LogP contribution in [-0.4, -0.2) is 32.9 Å². The highest BCUT2D eigenvalue weighted by Crippen LogP contribution is 2.24. The number of benzene rings is 2. The Morgan fingerprint density at radius 2 is 1.56 bits per heavy atom. The van der Waals surface area contributed by atoms with Crippen molar-refractivity contribution in [2.24, 2.45) is 0 Å². The number of nitrogens with zero attached hydrogens (tertiary/aromatic N) is 1. The van der Waals surface area contributed by atoms with E-state index >= 15 is 0 Å². The van der Waals surface area contributed by atoms with E-state index in [9.17, 15) is 13.2 Å². The topological polar surface area (TPSA) is 63.7 Å². The maximum absolute atomic E-state index is 12.9. The number of sulfone groups is 1. The first-order valence-corrected chi connectivity index (χ1v) is 10.8. The molecule has 0 spiro atoms. The molecule has 0 N–H and O–H groups in total. The van der Waals surface area contributed by atoms with Crippen LogP contribution in [0.15, 0.2) is 48.5 Å². The summed E-state index contributed by atoms with van der Waals surface area (Å²) >= 11 is 0. The van der Waals surface area contributed by atoms with Crippen molar-refractivity contribution in [1.82, 2.24) is 0 Å². The monoisotopic (exact) mass is 389 g/mol. The summed E-state index contributed by atoms with van der Waals surface area (Å²) in [6, 6.07) is 15.1. The average molecular weight is 390 g/mol. The third kappa shape index (κ3) is 5.32. The number of hydrogen-bond acceptors (Lipinski definition) is 4. The molecule has 0 aliphatic carbocycles.